The number of hydrogen-bond acceptors (Lipinski definition) is 2. The summed E-state index contributed by atoms with van der Waals surface area (Å²) in [4.78, 5) is 15.9. The third-order valence-electron chi connectivity index (χ3n) is 3.57. The molecular weight excluding hydrogens is 214 g/mol. The zero-order valence-electron chi connectivity index (χ0n) is 9.80. The van der Waals surface area contributed by atoms with E-state index in [4.69, 9.17) is 0 Å². The number of benzene rings is 1. The average molecular weight is 231 g/mol. The fraction of sp³-hybridized carbons (Fsp3) is 0.462. The standard InChI is InChI=1S/C13H17N3O/c17-13-14-8-12-10-15(6-7-16(12)13)9-11-4-2-1-3-5-11/h1-5,12H,6-10H2,(H,14,17)/t12-/m0/s1. The number of fused-ring (bicyclic) bond motifs is 1. The number of nitrogens with zero attached hydrogens (tertiary/aromatic N) is 2. The van der Waals surface area contributed by atoms with Crippen LogP contribution in [-0.4, -0.2) is 48.1 Å². The summed E-state index contributed by atoms with van der Waals surface area (Å²) < 4.78 is 0. The molecule has 1 aromatic carbocycles. The van der Waals surface area contributed by atoms with E-state index in [0.29, 0.717) is 6.04 Å². The first-order valence-corrected chi connectivity index (χ1v) is 6.14. The summed E-state index contributed by atoms with van der Waals surface area (Å²) in [6.07, 6.45) is 0. The predicted molar refractivity (Wildman–Crippen MR) is 65.6 cm³/mol. The molecule has 2 fully saturated rings. The number of piperazine rings is 1. The topological polar surface area (TPSA) is 35.6 Å². The molecule has 0 unspecified atom stereocenters. The van der Waals surface area contributed by atoms with Crippen molar-refractivity contribution >= 4 is 6.03 Å². The van der Waals surface area contributed by atoms with E-state index in [0.717, 1.165) is 32.7 Å². The second-order valence-corrected chi connectivity index (χ2v) is 4.75. The van der Waals surface area contributed by atoms with Gasteiger partial charge in [-0.05, 0) is 5.56 Å². The number of rotatable bonds is 2. The maximum Gasteiger partial charge on any atom is 0.317 e. The summed E-state index contributed by atoms with van der Waals surface area (Å²) in [5.41, 5.74) is 1.35. The fourth-order valence-electron chi connectivity index (χ4n) is 2.65. The second-order valence-electron chi connectivity index (χ2n) is 4.75. The Hall–Kier alpha value is -1.55. The largest absolute Gasteiger partial charge is 0.336 e. The Balaban J connectivity index is 1.62. The Kier molecular flexibility index (Phi) is 2.73. The van der Waals surface area contributed by atoms with Gasteiger partial charge in [-0.3, -0.25) is 4.90 Å². The van der Waals surface area contributed by atoms with E-state index in [-0.39, 0.29) is 6.03 Å². The zero-order valence-corrected chi connectivity index (χ0v) is 9.80. The molecule has 0 aromatic heterocycles. The highest BCUT2D eigenvalue weighted by atomic mass is 16.2. The van der Waals surface area contributed by atoms with Crippen LogP contribution in [0.2, 0.25) is 0 Å². The number of nitrogens with one attached hydrogen (secondary N) is 1. The first kappa shape index (κ1) is 10.6. The molecule has 3 rings (SSSR count). The van der Waals surface area contributed by atoms with Gasteiger partial charge in [0.1, 0.15) is 0 Å². The molecule has 0 aliphatic carbocycles. The lowest BCUT2D eigenvalue weighted by atomic mass is 10.1. The Morgan fingerprint density at radius 1 is 1.24 bits per heavy atom. The average Bonchev–Trinajstić information content (AvgIpc) is 2.72. The lowest BCUT2D eigenvalue weighted by molar-refractivity contribution is 0.116. The van der Waals surface area contributed by atoms with E-state index in [1.165, 1.54) is 5.56 Å². The number of urea groups is 1. The minimum absolute atomic E-state index is 0.106. The molecule has 1 atom stereocenters. The van der Waals surface area contributed by atoms with Gasteiger partial charge < -0.3 is 10.2 Å². The maximum absolute atomic E-state index is 11.5. The summed E-state index contributed by atoms with van der Waals surface area (Å²) in [7, 11) is 0. The lowest BCUT2D eigenvalue weighted by Crippen LogP contribution is -2.51. The minimum Gasteiger partial charge on any atom is -0.336 e. The van der Waals surface area contributed by atoms with Gasteiger partial charge in [-0.1, -0.05) is 30.3 Å². The van der Waals surface area contributed by atoms with Gasteiger partial charge >= 0.3 is 6.03 Å². The smallest absolute Gasteiger partial charge is 0.317 e. The van der Waals surface area contributed by atoms with Crippen molar-refractivity contribution in [2.24, 2.45) is 0 Å². The summed E-state index contributed by atoms with van der Waals surface area (Å²) in [5.74, 6) is 0. The van der Waals surface area contributed by atoms with E-state index in [9.17, 15) is 4.79 Å². The van der Waals surface area contributed by atoms with Gasteiger partial charge in [0.25, 0.3) is 0 Å². The van der Waals surface area contributed by atoms with Gasteiger partial charge in [-0.25, -0.2) is 4.79 Å². The van der Waals surface area contributed by atoms with Crippen LogP contribution in [-0.2, 0) is 6.54 Å². The summed E-state index contributed by atoms with van der Waals surface area (Å²) in [6, 6.07) is 11.0. The van der Waals surface area contributed by atoms with Gasteiger partial charge in [0.2, 0.25) is 0 Å². The normalized spacial score (nSPS) is 24.6. The molecule has 17 heavy (non-hydrogen) atoms. The molecule has 90 valence electrons. The van der Waals surface area contributed by atoms with Crippen molar-refractivity contribution in [3.63, 3.8) is 0 Å². The zero-order chi connectivity index (χ0) is 11.7. The monoisotopic (exact) mass is 231 g/mol. The molecule has 2 heterocycles. The summed E-state index contributed by atoms with van der Waals surface area (Å²) in [5, 5.41) is 2.91. The molecule has 1 aromatic rings. The highest BCUT2D eigenvalue weighted by Gasteiger charge is 2.35. The molecule has 1 N–H and O–H groups in total. The highest BCUT2D eigenvalue weighted by Crippen LogP contribution is 2.16. The molecule has 2 saturated heterocycles. The third-order valence-corrected chi connectivity index (χ3v) is 3.57. The van der Waals surface area contributed by atoms with Crippen LogP contribution in [0, 0.1) is 0 Å². The Bertz CT molecular complexity index is 406. The van der Waals surface area contributed by atoms with E-state index in [1.54, 1.807) is 0 Å². The third kappa shape index (κ3) is 2.13. The van der Waals surface area contributed by atoms with Crippen LogP contribution in [0.5, 0.6) is 0 Å². The van der Waals surface area contributed by atoms with Crippen LogP contribution in [0.15, 0.2) is 30.3 Å². The number of carbonyl (C=O) groups excluding carboxylic acids is 1. The molecule has 2 amide bonds. The lowest BCUT2D eigenvalue weighted by Gasteiger charge is -2.36. The highest BCUT2D eigenvalue weighted by molar-refractivity contribution is 5.77. The molecular formula is C13H17N3O. The molecule has 0 bridgehead atoms. The molecule has 4 nitrogen and oxygen atoms in total. The quantitative estimate of drug-likeness (QED) is 0.820. The van der Waals surface area contributed by atoms with Gasteiger partial charge in [0, 0.05) is 32.7 Å². The molecule has 4 heteroatoms. The second kappa shape index (κ2) is 4.37. The molecule has 2 aliphatic rings. The SMILES string of the molecule is O=C1NC[C@H]2CN(Cc3ccccc3)CCN12. The Labute approximate surface area is 101 Å². The molecule has 0 saturated carbocycles. The van der Waals surface area contributed by atoms with Gasteiger partial charge in [-0.15, -0.1) is 0 Å². The first-order valence-electron chi connectivity index (χ1n) is 6.14. The van der Waals surface area contributed by atoms with E-state index < -0.39 is 0 Å². The van der Waals surface area contributed by atoms with Crippen molar-refractivity contribution in [3.05, 3.63) is 35.9 Å². The summed E-state index contributed by atoms with van der Waals surface area (Å²) in [6.45, 7) is 4.58. The van der Waals surface area contributed by atoms with E-state index in [1.807, 2.05) is 11.0 Å². The maximum atomic E-state index is 11.5. The van der Waals surface area contributed by atoms with Crippen LogP contribution in [0.3, 0.4) is 0 Å². The van der Waals surface area contributed by atoms with E-state index >= 15 is 0 Å². The molecule has 0 spiro atoms. The first-order chi connectivity index (χ1) is 8.33. The predicted octanol–water partition coefficient (Wildman–Crippen LogP) is 0.896. The van der Waals surface area contributed by atoms with Crippen LogP contribution in [0.1, 0.15) is 5.56 Å². The number of amides is 2. The van der Waals surface area contributed by atoms with Crippen molar-refractivity contribution in [1.29, 1.82) is 0 Å². The molecule has 0 radical (unpaired) electrons. The van der Waals surface area contributed by atoms with Crippen LogP contribution in [0.25, 0.3) is 0 Å². The van der Waals surface area contributed by atoms with Gasteiger partial charge in [0.05, 0.1) is 6.04 Å². The van der Waals surface area contributed by atoms with Crippen molar-refractivity contribution in [2.75, 3.05) is 26.2 Å². The van der Waals surface area contributed by atoms with Crippen LogP contribution >= 0.6 is 0 Å². The van der Waals surface area contributed by atoms with Crippen LogP contribution in [0.4, 0.5) is 4.79 Å². The number of hydrogen-bond donors (Lipinski definition) is 1. The fourth-order valence-corrected chi connectivity index (χ4v) is 2.65. The van der Waals surface area contributed by atoms with Crippen molar-refractivity contribution < 1.29 is 4.79 Å². The Morgan fingerprint density at radius 3 is 2.88 bits per heavy atom. The van der Waals surface area contributed by atoms with Crippen molar-refractivity contribution in [2.45, 2.75) is 12.6 Å². The van der Waals surface area contributed by atoms with Gasteiger partial charge in [-0.2, -0.15) is 0 Å². The Morgan fingerprint density at radius 2 is 2.06 bits per heavy atom. The van der Waals surface area contributed by atoms with Crippen molar-refractivity contribution in [1.82, 2.24) is 15.1 Å². The van der Waals surface area contributed by atoms with E-state index in [2.05, 4.69) is 34.5 Å². The number of carbonyl (C=O) groups is 1. The minimum atomic E-state index is 0.106. The molecule has 2 aliphatic heterocycles. The van der Waals surface area contributed by atoms with Crippen LogP contribution < -0.4 is 5.32 Å². The summed E-state index contributed by atoms with van der Waals surface area (Å²) >= 11 is 0. The van der Waals surface area contributed by atoms with Crippen molar-refractivity contribution in [3.8, 4) is 0 Å². The van der Waals surface area contributed by atoms with Gasteiger partial charge in [0.15, 0.2) is 0 Å².